The molecule has 1 aliphatic rings. The zero-order chi connectivity index (χ0) is 17.0. The summed E-state index contributed by atoms with van der Waals surface area (Å²) in [4.78, 5) is 4.76. The number of hydrogen-bond donors (Lipinski definition) is 0. The highest BCUT2D eigenvalue weighted by Crippen LogP contribution is 2.18. The zero-order valence-electron chi connectivity index (χ0n) is 14.6. The largest absolute Gasteiger partial charge is 0.374 e. The fourth-order valence-electron chi connectivity index (χ4n) is 2.90. The van der Waals surface area contributed by atoms with Gasteiger partial charge in [-0.05, 0) is 45.1 Å². The van der Waals surface area contributed by atoms with Crippen molar-refractivity contribution in [3.05, 3.63) is 29.3 Å². The lowest BCUT2D eigenvalue weighted by Gasteiger charge is -2.34. The van der Waals surface area contributed by atoms with E-state index in [-0.39, 0.29) is 11.9 Å². The molecule has 23 heavy (non-hydrogen) atoms. The minimum Gasteiger partial charge on any atom is -0.374 e. The second kappa shape index (κ2) is 7.75. The summed E-state index contributed by atoms with van der Waals surface area (Å²) in [5, 5.41) is 0. The normalized spacial score (nSPS) is 20.1. The van der Waals surface area contributed by atoms with Gasteiger partial charge in [0, 0.05) is 26.2 Å². The van der Waals surface area contributed by atoms with Gasteiger partial charge in [0.15, 0.2) is 9.84 Å². The first-order valence-electron chi connectivity index (χ1n) is 8.06. The summed E-state index contributed by atoms with van der Waals surface area (Å²) in [5.41, 5.74) is 1.80. The third-order valence-electron chi connectivity index (χ3n) is 4.15. The fraction of sp³-hybridized carbons (Fsp3) is 0.647. The summed E-state index contributed by atoms with van der Waals surface area (Å²) in [6.45, 7) is 7.46. The first-order valence-corrected chi connectivity index (χ1v) is 9.72. The zero-order valence-corrected chi connectivity index (χ0v) is 15.4. The number of aryl methyl sites for hydroxylation is 2. The van der Waals surface area contributed by atoms with Crippen LogP contribution < -0.4 is 0 Å². The Morgan fingerprint density at radius 1 is 1.30 bits per heavy atom. The molecule has 0 saturated carbocycles. The maximum Gasteiger partial charge on any atom is 0.179 e. The SMILES string of the molecule is Cc1ccc(C)c(S(=O)(=O)CCN2CCO[C@H](CN(C)C)C2)c1. The van der Waals surface area contributed by atoms with E-state index in [1.807, 2.05) is 40.1 Å². The van der Waals surface area contributed by atoms with Crippen molar-refractivity contribution in [2.75, 3.05) is 52.6 Å². The topological polar surface area (TPSA) is 49.9 Å². The highest BCUT2D eigenvalue weighted by Gasteiger charge is 2.24. The minimum absolute atomic E-state index is 0.155. The molecule has 1 aromatic carbocycles. The van der Waals surface area contributed by atoms with Gasteiger partial charge in [-0.1, -0.05) is 12.1 Å². The lowest BCUT2D eigenvalue weighted by Crippen LogP contribution is -2.47. The van der Waals surface area contributed by atoms with Gasteiger partial charge < -0.3 is 9.64 Å². The van der Waals surface area contributed by atoms with Crippen molar-refractivity contribution >= 4 is 9.84 Å². The van der Waals surface area contributed by atoms with Crippen LogP contribution in [0.1, 0.15) is 11.1 Å². The number of benzene rings is 1. The molecule has 0 N–H and O–H groups in total. The molecule has 0 amide bonds. The van der Waals surface area contributed by atoms with Crippen molar-refractivity contribution in [3.63, 3.8) is 0 Å². The van der Waals surface area contributed by atoms with E-state index in [0.29, 0.717) is 18.0 Å². The molecule has 1 aliphatic heterocycles. The molecule has 0 aliphatic carbocycles. The van der Waals surface area contributed by atoms with Gasteiger partial charge in [0.2, 0.25) is 0 Å². The Morgan fingerprint density at radius 3 is 2.74 bits per heavy atom. The van der Waals surface area contributed by atoms with Crippen molar-refractivity contribution in [2.45, 2.75) is 24.8 Å². The summed E-state index contributed by atoms with van der Waals surface area (Å²) in [6.07, 6.45) is 0.155. The Balaban J connectivity index is 1.97. The van der Waals surface area contributed by atoms with Crippen LogP contribution in [0.5, 0.6) is 0 Å². The molecule has 5 nitrogen and oxygen atoms in total. The fourth-order valence-corrected chi connectivity index (χ4v) is 4.55. The average molecular weight is 340 g/mol. The summed E-state index contributed by atoms with van der Waals surface area (Å²) in [7, 11) is 0.796. The third-order valence-corrected chi connectivity index (χ3v) is 5.98. The van der Waals surface area contributed by atoms with Crippen LogP contribution in [0, 0.1) is 13.8 Å². The van der Waals surface area contributed by atoms with Crippen LogP contribution in [0.3, 0.4) is 0 Å². The van der Waals surface area contributed by atoms with E-state index in [1.54, 1.807) is 6.07 Å². The molecule has 6 heteroatoms. The molecule has 2 rings (SSSR count). The maximum absolute atomic E-state index is 12.6. The van der Waals surface area contributed by atoms with E-state index in [1.165, 1.54) is 0 Å². The predicted molar refractivity (Wildman–Crippen MR) is 92.7 cm³/mol. The molecule has 0 spiro atoms. The summed E-state index contributed by atoms with van der Waals surface area (Å²) in [6, 6.07) is 5.60. The van der Waals surface area contributed by atoms with Crippen LogP contribution in [0.4, 0.5) is 0 Å². The van der Waals surface area contributed by atoms with Crippen LogP contribution in [0.15, 0.2) is 23.1 Å². The Hall–Kier alpha value is -0.950. The van der Waals surface area contributed by atoms with Crippen molar-refractivity contribution in [1.82, 2.24) is 9.80 Å². The van der Waals surface area contributed by atoms with Gasteiger partial charge in [-0.3, -0.25) is 4.90 Å². The quantitative estimate of drug-likeness (QED) is 0.782. The molecule has 1 atom stereocenters. The minimum atomic E-state index is -3.25. The van der Waals surface area contributed by atoms with Crippen LogP contribution >= 0.6 is 0 Å². The molecule has 0 bridgehead atoms. The van der Waals surface area contributed by atoms with Crippen LogP contribution in [0.2, 0.25) is 0 Å². The first kappa shape index (κ1) is 18.4. The molecular formula is C17H28N2O3S. The molecule has 0 aromatic heterocycles. The molecule has 1 aromatic rings. The smallest absolute Gasteiger partial charge is 0.179 e. The molecule has 1 heterocycles. The van der Waals surface area contributed by atoms with Crippen molar-refractivity contribution in [3.8, 4) is 0 Å². The number of likely N-dealkylation sites (N-methyl/N-ethyl adjacent to an activating group) is 1. The first-order chi connectivity index (χ1) is 10.8. The maximum atomic E-state index is 12.6. The number of rotatable bonds is 6. The molecular weight excluding hydrogens is 312 g/mol. The summed E-state index contributed by atoms with van der Waals surface area (Å²) >= 11 is 0. The Bertz CT molecular complexity index is 629. The number of morpholine rings is 1. The van der Waals surface area contributed by atoms with Gasteiger partial charge in [-0.2, -0.15) is 0 Å². The van der Waals surface area contributed by atoms with E-state index in [2.05, 4.69) is 9.80 Å². The van der Waals surface area contributed by atoms with Crippen molar-refractivity contribution in [1.29, 1.82) is 0 Å². The summed E-state index contributed by atoms with van der Waals surface area (Å²) < 4.78 is 31.0. The van der Waals surface area contributed by atoms with Crippen molar-refractivity contribution in [2.24, 2.45) is 0 Å². The molecule has 0 radical (unpaired) electrons. The molecule has 0 unspecified atom stereocenters. The molecule has 1 fully saturated rings. The van der Waals surface area contributed by atoms with E-state index >= 15 is 0 Å². The lowest BCUT2D eigenvalue weighted by atomic mass is 10.2. The van der Waals surface area contributed by atoms with E-state index in [0.717, 1.165) is 30.8 Å². The second-order valence-electron chi connectivity index (χ2n) is 6.64. The number of sulfone groups is 1. The average Bonchev–Trinajstić information content (AvgIpc) is 2.47. The molecule has 130 valence electrons. The van der Waals surface area contributed by atoms with Gasteiger partial charge in [-0.15, -0.1) is 0 Å². The second-order valence-corrected chi connectivity index (χ2v) is 8.72. The number of hydrogen-bond acceptors (Lipinski definition) is 5. The van der Waals surface area contributed by atoms with Gasteiger partial charge in [0.1, 0.15) is 0 Å². The van der Waals surface area contributed by atoms with E-state index in [9.17, 15) is 8.42 Å². The Labute approximate surface area is 140 Å². The van der Waals surface area contributed by atoms with E-state index in [4.69, 9.17) is 4.74 Å². The van der Waals surface area contributed by atoms with Gasteiger partial charge >= 0.3 is 0 Å². The Kier molecular flexibility index (Phi) is 6.19. The number of nitrogens with zero attached hydrogens (tertiary/aromatic N) is 2. The lowest BCUT2D eigenvalue weighted by molar-refractivity contribution is -0.0361. The monoisotopic (exact) mass is 340 g/mol. The highest BCUT2D eigenvalue weighted by molar-refractivity contribution is 7.91. The van der Waals surface area contributed by atoms with Gasteiger partial charge in [-0.25, -0.2) is 8.42 Å². The van der Waals surface area contributed by atoms with Crippen molar-refractivity contribution < 1.29 is 13.2 Å². The highest BCUT2D eigenvalue weighted by atomic mass is 32.2. The van der Waals surface area contributed by atoms with Gasteiger partial charge in [0.25, 0.3) is 0 Å². The standard InChI is InChI=1S/C17H28N2O3S/c1-14-5-6-15(2)17(11-14)23(20,21)10-8-19-7-9-22-16(13-19)12-18(3)4/h5-6,11,16H,7-10,12-13H2,1-4H3/t16-/m1/s1. The van der Waals surface area contributed by atoms with Crippen LogP contribution in [-0.4, -0.2) is 77.0 Å². The van der Waals surface area contributed by atoms with Crippen LogP contribution in [0.25, 0.3) is 0 Å². The van der Waals surface area contributed by atoms with E-state index < -0.39 is 9.84 Å². The van der Waals surface area contributed by atoms with Crippen LogP contribution in [-0.2, 0) is 14.6 Å². The third kappa shape index (κ3) is 5.28. The summed E-state index contributed by atoms with van der Waals surface area (Å²) in [5.74, 6) is 0.159. The molecule has 1 saturated heterocycles. The van der Waals surface area contributed by atoms with Gasteiger partial charge in [0.05, 0.1) is 23.4 Å². The Morgan fingerprint density at radius 2 is 2.04 bits per heavy atom. The predicted octanol–water partition coefficient (Wildman–Crippen LogP) is 1.34. The number of ether oxygens (including phenoxy) is 1.